The van der Waals surface area contributed by atoms with Crippen LogP contribution < -0.4 is 0 Å². The van der Waals surface area contributed by atoms with E-state index in [-0.39, 0.29) is 16.9 Å². The van der Waals surface area contributed by atoms with Crippen LogP contribution in [0.5, 0.6) is 0 Å². The van der Waals surface area contributed by atoms with Crippen molar-refractivity contribution in [3.63, 3.8) is 0 Å². The smallest absolute Gasteiger partial charge is 0.222 e. The minimum absolute atomic E-state index is 0.0810. The van der Waals surface area contributed by atoms with Crippen molar-refractivity contribution in [3.05, 3.63) is 22.3 Å². The third-order valence-electron chi connectivity index (χ3n) is 3.29. The maximum atomic E-state index is 10.7. The van der Waals surface area contributed by atoms with Gasteiger partial charge in [-0.2, -0.15) is 0 Å². The second-order valence-electron chi connectivity index (χ2n) is 3.80. The minimum Gasteiger partial charge on any atom is -0.264 e. The number of allylic oxidation sites excluding steroid dienone is 1. The van der Waals surface area contributed by atoms with Gasteiger partial charge in [0.25, 0.3) is 0 Å². The van der Waals surface area contributed by atoms with Crippen LogP contribution in [0.4, 0.5) is 0 Å². The zero-order valence-electron chi connectivity index (χ0n) is 7.14. The Morgan fingerprint density at radius 3 is 2.67 bits per heavy atom. The van der Waals surface area contributed by atoms with E-state index >= 15 is 0 Å². The summed E-state index contributed by atoms with van der Waals surface area (Å²) in [5.74, 6) is 1.03. The second-order valence-corrected chi connectivity index (χ2v) is 3.80. The predicted octanol–water partition coefficient (Wildman–Crippen LogP) is 1.86. The first kappa shape index (κ1) is 7.77. The molecule has 0 spiro atoms. The lowest BCUT2D eigenvalue weighted by Gasteiger charge is -2.19. The van der Waals surface area contributed by atoms with Gasteiger partial charge >= 0.3 is 0 Å². The molecule has 2 aliphatic carbocycles. The fraction of sp³-hybridized carbons (Fsp3) is 0.778. The Morgan fingerprint density at radius 2 is 2.17 bits per heavy atom. The summed E-state index contributed by atoms with van der Waals surface area (Å²) in [6, 6.07) is -0.287. The molecule has 0 amide bonds. The van der Waals surface area contributed by atoms with Crippen LogP contribution in [-0.4, -0.2) is 11.0 Å². The monoisotopic (exact) mass is 167 g/mol. The molecule has 0 radical (unpaired) electrons. The Bertz CT molecular complexity index is 237. The average molecular weight is 167 g/mol. The Morgan fingerprint density at radius 1 is 1.50 bits per heavy atom. The molecule has 0 unspecified atom stereocenters. The number of fused-ring (bicyclic) bond motifs is 2. The van der Waals surface area contributed by atoms with Crippen molar-refractivity contribution < 1.29 is 4.92 Å². The van der Waals surface area contributed by atoms with Crippen LogP contribution in [0, 0.1) is 27.9 Å². The summed E-state index contributed by atoms with van der Waals surface area (Å²) in [6.45, 7) is 2.05. The van der Waals surface area contributed by atoms with Gasteiger partial charge in [-0.3, -0.25) is 10.1 Å². The molecule has 1 saturated carbocycles. The lowest BCUT2D eigenvalue weighted by atomic mass is 9.87. The first-order valence-electron chi connectivity index (χ1n) is 4.56. The van der Waals surface area contributed by atoms with Crippen molar-refractivity contribution in [2.24, 2.45) is 17.8 Å². The van der Waals surface area contributed by atoms with Crippen molar-refractivity contribution >= 4 is 0 Å². The van der Waals surface area contributed by atoms with E-state index in [0.29, 0.717) is 11.8 Å². The summed E-state index contributed by atoms with van der Waals surface area (Å²) >= 11 is 0. The molecule has 2 rings (SSSR count). The SMILES string of the molecule is CC[C@H]1[C@H]([N+](=O)[O-])[C@@H]2C=C[C@H]1C2. The Labute approximate surface area is 71.6 Å². The molecule has 0 saturated heterocycles. The van der Waals surface area contributed by atoms with Gasteiger partial charge in [0.2, 0.25) is 6.04 Å². The normalized spacial score (nSPS) is 43.8. The van der Waals surface area contributed by atoms with Gasteiger partial charge in [-0.15, -0.1) is 0 Å². The van der Waals surface area contributed by atoms with Gasteiger partial charge in [-0.1, -0.05) is 19.1 Å². The van der Waals surface area contributed by atoms with Crippen LogP contribution in [-0.2, 0) is 0 Å². The molecular weight excluding hydrogens is 154 g/mol. The molecule has 3 heteroatoms. The lowest BCUT2D eigenvalue weighted by molar-refractivity contribution is -0.535. The maximum Gasteiger partial charge on any atom is 0.222 e. The number of nitrogens with zero attached hydrogens (tertiary/aromatic N) is 1. The Kier molecular flexibility index (Phi) is 1.67. The van der Waals surface area contributed by atoms with Crippen molar-refractivity contribution in [2.45, 2.75) is 25.8 Å². The van der Waals surface area contributed by atoms with E-state index in [1.807, 2.05) is 6.08 Å². The first-order chi connectivity index (χ1) is 5.74. The van der Waals surface area contributed by atoms with Crippen LogP contribution >= 0.6 is 0 Å². The van der Waals surface area contributed by atoms with Crippen molar-refractivity contribution in [3.8, 4) is 0 Å². The van der Waals surface area contributed by atoms with Gasteiger partial charge in [-0.05, 0) is 18.8 Å². The van der Waals surface area contributed by atoms with E-state index in [0.717, 1.165) is 12.8 Å². The minimum atomic E-state index is -0.287. The van der Waals surface area contributed by atoms with E-state index in [9.17, 15) is 10.1 Å². The van der Waals surface area contributed by atoms with E-state index < -0.39 is 0 Å². The van der Waals surface area contributed by atoms with Crippen LogP contribution in [0.1, 0.15) is 19.8 Å². The summed E-state index contributed by atoms with van der Waals surface area (Å²) in [4.78, 5) is 10.7. The standard InChI is InChI=1S/C9H13NO2/c1-2-8-6-3-4-7(5-6)9(8)10(11)12/h3-4,6-9H,2,5H2,1H3/t6-,7+,8+,9+/m0/s1. The Hall–Kier alpha value is -0.860. The van der Waals surface area contributed by atoms with Gasteiger partial charge in [0.1, 0.15) is 0 Å². The van der Waals surface area contributed by atoms with Gasteiger partial charge in [0.15, 0.2) is 0 Å². The number of hydrogen-bond acceptors (Lipinski definition) is 2. The summed E-state index contributed by atoms with van der Waals surface area (Å²) in [5, 5.41) is 10.7. The summed E-state index contributed by atoms with van der Waals surface area (Å²) < 4.78 is 0. The van der Waals surface area contributed by atoms with Crippen molar-refractivity contribution in [2.75, 3.05) is 0 Å². The molecule has 2 aliphatic rings. The molecule has 4 atom stereocenters. The highest BCUT2D eigenvalue weighted by molar-refractivity contribution is 5.13. The fourth-order valence-electron chi connectivity index (χ4n) is 2.76. The van der Waals surface area contributed by atoms with E-state index in [1.165, 1.54) is 0 Å². The van der Waals surface area contributed by atoms with Crippen LogP contribution in [0.25, 0.3) is 0 Å². The van der Waals surface area contributed by atoms with E-state index in [2.05, 4.69) is 13.0 Å². The molecule has 66 valence electrons. The number of hydrogen-bond donors (Lipinski definition) is 0. The Balaban J connectivity index is 2.23. The molecule has 3 nitrogen and oxygen atoms in total. The molecule has 0 aromatic heterocycles. The van der Waals surface area contributed by atoms with Crippen LogP contribution in [0.3, 0.4) is 0 Å². The van der Waals surface area contributed by atoms with Crippen LogP contribution in [0.2, 0.25) is 0 Å². The molecule has 0 aromatic rings. The largest absolute Gasteiger partial charge is 0.264 e. The molecule has 0 N–H and O–H groups in total. The van der Waals surface area contributed by atoms with Crippen molar-refractivity contribution in [1.82, 2.24) is 0 Å². The summed E-state index contributed by atoms with van der Waals surface area (Å²) in [6.07, 6.45) is 6.16. The van der Waals surface area contributed by atoms with Crippen molar-refractivity contribution in [1.29, 1.82) is 0 Å². The first-order valence-corrected chi connectivity index (χ1v) is 4.56. The summed E-state index contributed by atoms with van der Waals surface area (Å²) in [5.41, 5.74) is 0. The number of rotatable bonds is 2. The third-order valence-corrected chi connectivity index (χ3v) is 3.29. The predicted molar refractivity (Wildman–Crippen MR) is 45.3 cm³/mol. The molecular formula is C9H13NO2. The van der Waals surface area contributed by atoms with Gasteiger partial charge in [0.05, 0.1) is 0 Å². The van der Waals surface area contributed by atoms with Crippen LogP contribution in [0.15, 0.2) is 12.2 Å². The lowest BCUT2D eigenvalue weighted by Crippen LogP contribution is -2.32. The zero-order valence-corrected chi connectivity index (χ0v) is 7.14. The second kappa shape index (κ2) is 2.57. The number of nitro groups is 1. The average Bonchev–Trinajstić information content (AvgIpc) is 2.60. The van der Waals surface area contributed by atoms with Gasteiger partial charge < -0.3 is 0 Å². The zero-order chi connectivity index (χ0) is 8.72. The highest BCUT2D eigenvalue weighted by atomic mass is 16.6. The molecule has 12 heavy (non-hydrogen) atoms. The highest BCUT2D eigenvalue weighted by Gasteiger charge is 2.50. The molecule has 0 aliphatic heterocycles. The molecule has 0 aromatic carbocycles. The summed E-state index contributed by atoms with van der Waals surface area (Å²) in [7, 11) is 0. The molecule has 1 fully saturated rings. The van der Waals surface area contributed by atoms with Gasteiger partial charge in [-0.25, -0.2) is 0 Å². The van der Waals surface area contributed by atoms with Gasteiger partial charge in [0, 0.05) is 16.8 Å². The van der Waals surface area contributed by atoms with E-state index in [4.69, 9.17) is 0 Å². The van der Waals surface area contributed by atoms with E-state index in [1.54, 1.807) is 0 Å². The molecule has 0 heterocycles. The topological polar surface area (TPSA) is 43.1 Å². The fourth-order valence-corrected chi connectivity index (χ4v) is 2.76. The molecule has 2 bridgehead atoms. The maximum absolute atomic E-state index is 10.7. The third kappa shape index (κ3) is 0.886. The highest BCUT2D eigenvalue weighted by Crippen LogP contribution is 2.46. The quantitative estimate of drug-likeness (QED) is 0.358.